The number of nitrogens with zero attached hydrogens (tertiary/aromatic N) is 2. The second-order valence-corrected chi connectivity index (χ2v) is 5.52. The molecule has 128 valence electrons. The van der Waals surface area contributed by atoms with Gasteiger partial charge in [0.1, 0.15) is 0 Å². The zero-order valence-electron chi connectivity index (χ0n) is 12.8. The van der Waals surface area contributed by atoms with E-state index in [0.29, 0.717) is 11.8 Å². The predicted molar refractivity (Wildman–Crippen MR) is 84.2 cm³/mol. The van der Waals surface area contributed by atoms with Gasteiger partial charge in [-0.25, -0.2) is 0 Å². The first-order chi connectivity index (χ1) is 10.3. The highest BCUT2D eigenvalue weighted by atomic mass is 32.2. The maximum Gasteiger partial charge on any atom is 0.294 e. The number of nitrogens with two attached hydrogens (primary N) is 1. The summed E-state index contributed by atoms with van der Waals surface area (Å²) in [4.78, 5) is 7.46. The summed E-state index contributed by atoms with van der Waals surface area (Å²) in [5, 5.41) is 0. The lowest BCUT2D eigenvalue weighted by atomic mass is 10.2. The third-order valence-corrected chi connectivity index (χ3v) is 3.30. The number of hydrogen-bond acceptors (Lipinski definition) is 7. The molecule has 1 aromatic heterocycles. The fourth-order valence-electron chi connectivity index (χ4n) is 1.34. The fraction of sp³-hybridized carbons (Fsp3) is 0.231. The molecule has 23 heavy (non-hydrogen) atoms. The van der Waals surface area contributed by atoms with E-state index in [1.54, 1.807) is 18.2 Å². The van der Waals surface area contributed by atoms with Crippen molar-refractivity contribution < 1.29 is 27.9 Å². The Labute approximate surface area is 134 Å². The minimum atomic E-state index is -4.02. The van der Waals surface area contributed by atoms with E-state index in [0.717, 1.165) is 5.56 Å². The molecule has 1 heterocycles. The van der Waals surface area contributed by atoms with Gasteiger partial charge in [0.25, 0.3) is 10.1 Å². The van der Waals surface area contributed by atoms with Crippen molar-refractivity contribution in [1.29, 1.82) is 0 Å². The Kier molecular flexibility index (Phi) is 7.94. The van der Waals surface area contributed by atoms with Crippen LogP contribution in [0.5, 0.6) is 11.8 Å². The highest BCUT2D eigenvalue weighted by Gasteiger charge is 2.06. The molecule has 0 amide bonds. The van der Waals surface area contributed by atoms with Crippen molar-refractivity contribution in [1.82, 2.24) is 9.97 Å². The first-order valence-electron chi connectivity index (χ1n) is 6.03. The molecule has 0 aliphatic heterocycles. The molecule has 9 nitrogen and oxygen atoms in total. The van der Waals surface area contributed by atoms with Crippen molar-refractivity contribution in [2.45, 2.75) is 11.8 Å². The third-order valence-electron chi connectivity index (χ3n) is 2.43. The Balaban J connectivity index is 0.000000403. The topological polar surface area (TPSA) is 156 Å². The zero-order chi connectivity index (χ0) is 16.8. The lowest BCUT2D eigenvalue weighted by Gasteiger charge is -2.01. The smallest absolute Gasteiger partial charge is 0.294 e. The van der Waals surface area contributed by atoms with Crippen LogP contribution >= 0.6 is 0 Å². The Bertz CT molecular complexity index is 697. The Morgan fingerprint density at radius 2 is 1.48 bits per heavy atom. The number of aryl methyl sites for hydroxylation is 1. The van der Waals surface area contributed by atoms with E-state index in [1.807, 2.05) is 6.92 Å². The largest absolute Gasteiger partial charge is 0.481 e. The average molecular weight is 345 g/mol. The lowest BCUT2D eigenvalue weighted by molar-refractivity contribution is 0.373. The number of nitrogen functional groups attached to an aromatic ring is 1. The minimum absolute atomic E-state index is 0. The van der Waals surface area contributed by atoms with E-state index in [-0.39, 0.29) is 16.3 Å². The lowest BCUT2D eigenvalue weighted by Crippen LogP contribution is -1.99. The van der Waals surface area contributed by atoms with Crippen LogP contribution in [0.15, 0.2) is 35.2 Å². The van der Waals surface area contributed by atoms with Gasteiger partial charge in [0.05, 0.1) is 25.2 Å². The minimum Gasteiger partial charge on any atom is -0.481 e. The summed E-state index contributed by atoms with van der Waals surface area (Å²) in [5.74, 6) is 0.935. The molecule has 0 fully saturated rings. The SMILES string of the molecule is COc1cc(OC)nc(N)n1.Cc1ccc(S(=O)(=O)O)cc1.O. The van der Waals surface area contributed by atoms with Gasteiger partial charge >= 0.3 is 0 Å². The molecule has 0 saturated carbocycles. The molecule has 0 unspecified atom stereocenters. The van der Waals surface area contributed by atoms with Crippen molar-refractivity contribution in [2.75, 3.05) is 20.0 Å². The van der Waals surface area contributed by atoms with Gasteiger partial charge in [-0.05, 0) is 19.1 Å². The van der Waals surface area contributed by atoms with Crippen LogP contribution in [0.3, 0.4) is 0 Å². The molecule has 5 N–H and O–H groups in total. The maximum absolute atomic E-state index is 10.5. The normalized spacial score (nSPS) is 9.91. The second kappa shape index (κ2) is 8.88. The summed E-state index contributed by atoms with van der Waals surface area (Å²) in [5.41, 5.74) is 6.28. The Morgan fingerprint density at radius 1 is 1.04 bits per heavy atom. The van der Waals surface area contributed by atoms with Crippen LogP contribution in [-0.2, 0) is 10.1 Å². The van der Waals surface area contributed by atoms with Crippen LogP contribution in [0.25, 0.3) is 0 Å². The molecule has 0 spiro atoms. The standard InChI is InChI=1S/C7H8O3S.C6H9N3O2.H2O/c1-6-2-4-7(5-3-6)11(8,9)10;1-10-4-3-5(11-2)9-6(7)8-4;/h2-5H,1H3,(H,8,9,10);3H,1-2H3,(H2,7,8,9);1H2. The fourth-order valence-corrected chi connectivity index (χ4v) is 1.82. The third kappa shape index (κ3) is 6.91. The molecule has 2 aromatic rings. The first-order valence-corrected chi connectivity index (χ1v) is 7.47. The molecule has 10 heteroatoms. The molecule has 0 bridgehead atoms. The van der Waals surface area contributed by atoms with E-state index >= 15 is 0 Å². The molecule has 0 aliphatic carbocycles. The van der Waals surface area contributed by atoms with E-state index in [2.05, 4.69) is 9.97 Å². The van der Waals surface area contributed by atoms with E-state index in [1.165, 1.54) is 26.4 Å². The monoisotopic (exact) mass is 345 g/mol. The number of ether oxygens (including phenoxy) is 2. The molecule has 0 aliphatic rings. The predicted octanol–water partition coefficient (Wildman–Crippen LogP) is 0.493. The molecule has 2 rings (SSSR count). The van der Waals surface area contributed by atoms with Crippen LogP contribution < -0.4 is 15.2 Å². The van der Waals surface area contributed by atoms with Crippen LogP contribution in [0.2, 0.25) is 0 Å². The van der Waals surface area contributed by atoms with Gasteiger partial charge in [-0.1, -0.05) is 17.7 Å². The number of methoxy groups -OCH3 is 2. The van der Waals surface area contributed by atoms with Crippen LogP contribution in [-0.4, -0.2) is 42.6 Å². The van der Waals surface area contributed by atoms with Gasteiger partial charge in [-0.15, -0.1) is 0 Å². The maximum atomic E-state index is 10.5. The highest BCUT2D eigenvalue weighted by molar-refractivity contribution is 7.85. The van der Waals surface area contributed by atoms with E-state index < -0.39 is 10.1 Å². The molecular formula is C13H19N3O6S. The van der Waals surface area contributed by atoms with Crippen LogP contribution in [0, 0.1) is 6.92 Å². The highest BCUT2D eigenvalue weighted by Crippen LogP contribution is 2.14. The number of hydrogen-bond donors (Lipinski definition) is 2. The van der Waals surface area contributed by atoms with Gasteiger partial charge in [-0.2, -0.15) is 18.4 Å². The molecular weight excluding hydrogens is 326 g/mol. The van der Waals surface area contributed by atoms with Gasteiger partial charge in [0.2, 0.25) is 17.7 Å². The number of anilines is 1. The van der Waals surface area contributed by atoms with Gasteiger partial charge in [0.15, 0.2) is 0 Å². The summed E-state index contributed by atoms with van der Waals surface area (Å²) in [6.07, 6.45) is 0. The summed E-state index contributed by atoms with van der Waals surface area (Å²) >= 11 is 0. The van der Waals surface area contributed by atoms with Crippen molar-refractivity contribution in [3.8, 4) is 11.8 Å². The van der Waals surface area contributed by atoms with Gasteiger partial charge < -0.3 is 20.7 Å². The summed E-state index contributed by atoms with van der Waals surface area (Å²) in [6, 6.07) is 7.54. The molecule has 1 aromatic carbocycles. The second-order valence-electron chi connectivity index (χ2n) is 4.10. The van der Waals surface area contributed by atoms with Gasteiger partial charge in [-0.3, -0.25) is 4.55 Å². The Morgan fingerprint density at radius 3 is 1.83 bits per heavy atom. The Hall–Kier alpha value is -2.43. The van der Waals surface area contributed by atoms with Crippen molar-refractivity contribution >= 4 is 16.1 Å². The van der Waals surface area contributed by atoms with Gasteiger partial charge in [0, 0.05) is 0 Å². The molecule has 0 radical (unpaired) electrons. The van der Waals surface area contributed by atoms with Crippen LogP contribution in [0.1, 0.15) is 5.56 Å². The van der Waals surface area contributed by atoms with Crippen LogP contribution in [0.4, 0.5) is 5.95 Å². The first kappa shape index (κ1) is 20.6. The summed E-state index contributed by atoms with van der Waals surface area (Å²) in [6.45, 7) is 1.84. The number of rotatable bonds is 3. The summed E-state index contributed by atoms with van der Waals surface area (Å²) in [7, 11) is -1.02. The van der Waals surface area contributed by atoms with E-state index in [9.17, 15) is 8.42 Å². The number of benzene rings is 1. The molecule has 0 atom stereocenters. The average Bonchev–Trinajstić information content (AvgIpc) is 2.46. The summed E-state index contributed by atoms with van der Waals surface area (Å²) < 4.78 is 39.2. The molecule has 0 saturated heterocycles. The van der Waals surface area contributed by atoms with E-state index in [4.69, 9.17) is 19.8 Å². The van der Waals surface area contributed by atoms with Crippen molar-refractivity contribution in [3.63, 3.8) is 0 Å². The zero-order valence-corrected chi connectivity index (χ0v) is 13.7. The quantitative estimate of drug-likeness (QED) is 0.761. The van der Waals surface area contributed by atoms with Crippen molar-refractivity contribution in [2.24, 2.45) is 0 Å². The number of aromatic nitrogens is 2. The van der Waals surface area contributed by atoms with Crippen molar-refractivity contribution in [3.05, 3.63) is 35.9 Å².